The SMILES string of the molecule is CCCCCCCC/C=C\CCCCCCCC(=O)C(C=O)[N+](C)(C)C(C=O)C(=O)CCCCCCC/C=C\CCCCCCCC.COS(=O)(=O)[O-]. The molecule has 0 fully saturated rings. The maximum atomic E-state index is 13.0. The Balaban J connectivity index is 0. The maximum absolute atomic E-state index is 13.0. The minimum Gasteiger partial charge on any atom is -0.726 e. The molecule has 0 saturated heterocycles. The molecular formula is C43H79NO8S. The lowest BCUT2D eigenvalue weighted by molar-refractivity contribution is -0.902. The summed E-state index contributed by atoms with van der Waals surface area (Å²) in [5.74, 6) is -0.327. The Morgan fingerprint density at radius 3 is 1.02 bits per heavy atom. The van der Waals surface area contributed by atoms with Crippen molar-refractivity contribution in [3.63, 3.8) is 0 Å². The number of allylic oxidation sites excluding steroid dienone is 4. The molecule has 9 nitrogen and oxygen atoms in total. The zero-order valence-corrected chi connectivity index (χ0v) is 35.4. The summed E-state index contributed by atoms with van der Waals surface area (Å²) in [7, 11) is -0.255. The number of Topliss-reactive ketones (excluding diaryl/α,β-unsaturated/α-hetero) is 2. The van der Waals surface area contributed by atoms with Crippen LogP contribution in [0.2, 0.25) is 0 Å². The van der Waals surface area contributed by atoms with Gasteiger partial charge >= 0.3 is 0 Å². The Morgan fingerprint density at radius 1 is 0.528 bits per heavy atom. The van der Waals surface area contributed by atoms with Crippen LogP contribution in [0, 0.1) is 0 Å². The maximum Gasteiger partial charge on any atom is 0.217 e. The molecule has 0 aliphatic carbocycles. The van der Waals surface area contributed by atoms with E-state index in [1.807, 2.05) is 0 Å². The van der Waals surface area contributed by atoms with Gasteiger partial charge in [-0.2, -0.15) is 0 Å². The first-order valence-electron chi connectivity index (χ1n) is 21.0. The monoisotopic (exact) mass is 770 g/mol. The number of likely N-dealkylation sites (N-methyl/N-ethyl adjacent to an activating group) is 1. The average Bonchev–Trinajstić information content (AvgIpc) is 3.11. The third-order valence-electron chi connectivity index (χ3n) is 9.93. The van der Waals surface area contributed by atoms with E-state index in [0.717, 1.165) is 71.3 Å². The summed E-state index contributed by atoms with van der Waals surface area (Å²) in [5.41, 5.74) is 0. The average molecular weight is 770 g/mol. The van der Waals surface area contributed by atoms with Crippen molar-refractivity contribution in [2.24, 2.45) is 0 Å². The van der Waals surface area contributed by atoms with Gasteiger partial charge in [-0.25, -0.2) is 8.42 Å². The number of carbonyl (C=O) groups excluding carboxylic acids is 4. The lowest BCUT2D eigenvalue weighted by Crippen LogP contribution is -2.62. The number of hydrogen-bond acceptors (Lipinski definition) is 8. The van der Waals surface area contributed by atoms with E-state index in [1.54, 1.807) is 14.1 Å². The molecule has 0 aliphatic heterocycles. The van der Waals surface area contributed by atoms with Gasteiger partial charge in [0, 0.05) is 12.8 Å². The first kappa shape index (κ1) is 53.1. The Hall–Kier alpha value is -2.01. The van der Waals surface area contributed by atoms with Crippen LogP contribution in [0.1, 0.15) is 194 Å². The first-order valence-corrected chi connectivity index (χ1v) is 22.4. The number of unbranched alkanes of at least 4 members (excludes halogenated alkanes) is 22. The van der Waals surface area contributed by atoms with Gasteiger partial charge in [0.15, 0.2) is 24.1 Å². The van der Waals surface area contributed by atoms with Crippen LogP contribution < -0.4 is 0 Å². The van der Waals surface area contributed by atoms with Crippen LogP contribution in [0.4, 0.5) is 0 Å². The molecule has 0 bridgehead atoms. The van der Waals surface area contributed by atoms with Crippen LogP contribution in [0.5, 0.6) is 0 Å². The van der Waals surface area contributed by atoms with Crippen LogP contribution in [0.3, 0.4) is 0 Å². The molecule has 0 rings (SSSR count). The third-order valence-corrected chi connectivity index (χ3v) is 10.3. The second kappa shape index (κ2) is 36.9. The highest BCUT2D eigenvalue weighted by Crippen LogP contribution is 2.19. The predicted octanol–water partition coefficient (Wildman–Crippen LogP) is 10.5. The van der Waals surface area contributed by atoms with Crippen LogP contribution in [0.15, 0.2) is 24.3 Å². The summed E-state index contributed by atoms with van der Waals surface area (Å²) in [4.78, 5) is 50.1. The number of rotatable bonds is 37. The molecule has 0 aromatic heterocycles. The van der Waals surface area contributed by atoms with Crippen LogP contribution in [0.25, 0.3) is 0 Å². The largest absolute Gasteiger partial charge is 0.726 e. The molecule has 2 atom stereocenters. The Kier molecular flexibility index (Phi) is 37.0. The fourth-order valence-corrected chi connectivity index (χ4v) is 6.42. The predicted molar refractivity (Wildman–Crippen MR) is 217 cm³/mol. The summed E-state index contributed by atoms with van der Waals surface area (Å²) in [5, 5.41) is 0. The Bertz CT molecular complexity index is 1000. The van der Waals surface area contributed by atoms with Gasteiger partial charge < -0.3 is 4.55 Å². The zero-order valence-electron chi connectivity index (χ0n) is 34.5. The molecule has 0 heterocycles. The first-order chi connectivity index (χ1) is 25.4. The van der Waals surface area contributed by atoms with Gasteiger partial charge in [-0.15, -0.1) is 0 Å². The van der Waals surface area contributed by atoms with E-state index in [-0.39, 0.29) is 16.0 Å². The Morgan fingerprint density at radius 2 is 0.774 bits per heavy atom. The van der Waals surface area contributed by atoms with Gasteiger partial charge in [0.25, 0.3) is 0 Å². The van der Waals surface area contributed by atoms with Crippen molar-refractivity contribution in [1.29, 1.82) is 0 Å². The van der Waals surface area contributed by atoms with E-state index in [9.17, 15) is 32.1 Å². The van der Waals surface area contributed by atoms with Crippen molar-refractivity contribution in [3.05, 3.63) is 24.3 Å². The van der Waals surface area contributed by atoms with Gasteiger partial charge in [0.2, 0.25) is 22.5 Å². The molecule has 0 saturated carbocycles. The molecular weight excluding hydrogens is 691 g/mol. The summed E-state index contributed by atoms with van der Waals surface area (Å²) >= 11 is 0. The summed E-state index contributed by atoms with van der Waals surface area (Å²) in [6.45, 7) is 4.51. The number of quaternary nitrogens is 1. The molecule has 0 radical (unpaired) electrons. The summed E-state index contributed by atoms with van der Waals surface area (Å²) in [6.07, 6.45) is 42.1. The molecule has 0 aliphatic rings. The van der Waals surface area contributed by atoms with Crippen LogP contribution >= 0.6 is 0 Å². The molecule has 0 aromatic rings. The molecule has 0 amide bonds. The normalized spacial score (nSPS) is 13.2. The Labute approximate surface area is 325 Å². The third kappa shape index (κ3) is 33.1. The van der Waals surface area contributed by atoms with Crippen molar-refractivity contribution < 1.29 is 40.8 Å². The lowest BCUT2D eigenvalue weighted by Gasteiger charge is -2.37. The zero-order chi connectivity index (χ0) is 40.1. The van der Waals surface area contributed by atoms with Crippen molar-refractivity contribution in [2.75, 3.05) is 21.2 Å². The van der Waals surface area contributed by atoms with E-state index in [0.29, 0.717) is 25.4 Å². The van der Waals surface area contributed by atoms with Crippen molar-refractivity contribution in [3.8, 4) is 0 Å². The van der Waals surface area contributed by atoms with Gasteiger partial charge in [-0.05, 0) is 64.2 Å². The number of hydrogen-bond donors (Lipinski definition) is 0. The fourth-order valence-electron chi connectivity index (χ4n) is 6.42. The highest BCUT2D eigenvalue weighted by Gasteiger charge is 2.43. The topological polar surface area (TPSA) is 135 Å². The fraction of sp³-hybridized carbons (Fsp3) is 0.814. The molecule has 53 heavy (non-hydrogen) atoms. The molecule has 2 unspecified atom stereocenters. The molecule has 0 aromatic carbocycles. The van der Waals surface area contributed by atoms with Crippen molar-refractivity contribution in [1.82, 2.24) is 0 Å². The summed E-state index contributed by atoms with van der Waals surface area (Å²) in [6, 6.07) is -1.97. The van der Waals surface area contributed by atoms with Crippen molar-refractivity contribution in [2.45, 2.75) is 206 Å². The number of aldehydes is 2. The van der Waals surface area contributed by atoms with E-state index in [2.05, 4.69) is 42.3 Å². The molecule has 0 N–H and O–H groups in total. The molecule has 0 spiro atoms. The van der Waals surface area contributed by atoms with Gasteiger partial charge in [0.1, 0.15) is 0 Å². The minimum atomic E-state index is -4.41. The van der Waals surface area contributed by atoms with E-state index >= 15 is 0 Å². The van der Waals surface area contributed by atoms with Crippen LogP contribution in [-0.2, 0) is 33.8 Å². The van der Waals surface area contributed by atoms with E-state index in [1.165, 1.54) is 103 Å². The summed E-state index contributed by atoms with van der Waals surface area (Å²) < 4.78 is 30.8. The smallest absolute Gasteiger partial charge is 0.217 e. The molecule has 310 valence electrons. The second-order valence-corrected chi connectivity index (χ2v) is 16.1. The van der Waals surface area contributed by atoms with Gasteiger partial charge in [-0.1, -0.05) is 141 Å². The van der Waals surface area contributed by atoms with E-state index in [4.69, 9.17) is 0 Å². The number of ketones is 2. The standard InChI is InChI=1S/C42H76NO4.CH4O4S/c1-5-7-9-11-13-15-17-19-21-23-25-27-29-31-33-35-41(46)39(37-44)43(3,4)40(38-45)42(47)36-34-32-30-28-26-24-22-20-18-16-14-12-10-8-6-2;1-5-6(2,3)4/h19-22,37-40H,5-18,23-36H2,1-4H3;1H3,(H,2,3,4)/q+1;/p-1/b21-19-,22-20-;. The second-order valence-electron chi connectivity index (χ2n) is 15.0. The van der Waals surface area contributed by atoms with Gasteiger partial charge in [-0.3, -0.25) is 27.8 Å². The number of carbonyl (C=O) groups is 4. The quantitative estimate of drug-likeness (QED) is 0.0116. The van der Waals surface area contributed by atoms with Crippen LogP contribution in [-0.4, -0.2) is 74.9 Å². The number of nitrogens with zero attached hydrogens (tertiary/aromatic N) is 1. The highest BCUT2D eigenvalue weighted by molar-refractivity contribution is 7.80. The van der Waals surface area contributed by atoms with Gasteiger partial charge in [0.05, 0.1) is 21.2 Å². The molecule has 10 heteroatoms. The highest BCUT2D eigenvalue weighted by atomic mass is 32.3. The minimum absolute atomic E-state index is 0.164. The lowest BCUT2D eigenvalue weighted by atomic mass is 9.97. The van der Waals surface area contributed by atoms with E-state index < -0.39 is 22.5 Å². The van der Waals surface area contributed by atoms with Crippen molar-refractivity contribution >= 4 is 34.5 Å².